The molecule has 0 radical (unpaired) electrons. The van der Waals surface area contributed by atoms with E-state index < -0.39 is 24.6 Å². The first-order valence-corrected chi connectivity index (χ1v) is 13.4. The second-order valence-corrected chi connectivity index (χ2v) is 11.6. The van der Waals surface area contributed by atoms with E-state index in [-0.39, 0.29) is 23.1 Å². The Hall–Kier alpha value is -2.84. The Morgan fingerprint density at radius 1 is 1.03 bits per heavy atom. The van der Waals surface area contributed by atoms with Gasteiger partial charge >= 0.3 is 12.0 Å². The zero-order valence-corrected chi connectivity index (χ0v) is 23.3. The first-order chi connectivity index (χ1) is 17.8. The number of anilines is 1. The highest BCUT2D eigenvalue weighted by atomic mass is 35.5. The van der Waals surface area contributed by atoms with E-state index in [1.165, 1.54) is 0 Å². The Labute approximate surface area is 232 Å². The van der Waals surface area contributed by atoms with Crippen LogP contribution in [0.1, 0.15) is 62.4 Å². The fourth-order valence-corrected chi connectivity index (χ4v) is 5.02. The van der Waals surface area contributed by atoms with Gasteiger partial charge < -0.3 is 20.6 Å². The minimum Gasteiger partial charge on any atom is -0.479 e. The lowest BCUT2D eigenvalue weighted by atomic mass is 9.71. The first-order valence-electron chi connectivity index (χ1n) is 12.6. The van der Waals surface area contributed by atoms with E-state index in [9.17, 15) is 18.8 Å². The van der Waals surface area contributed by atoms with Crippen LogP contribution in [0.3, 0.4) is 0 Å². The lowest BCUT2D eigenvalue weighted by Gasteiger charge is -2.41. The average molecular weight is 567 g/mol. The van der Waals surface area contributed by atoms with Gasteiger partial charge in [0.05, 0.1) is 16.6 Å². The standard InChI is InChI=1S/C28H34Cl2FN3O4/c1-28(2,3)19-8-11-21(12-9-19)34(27(38)33-20-10-13-22(29)23(30)14-20)16-17-4-6-18(7-5-17)25(35)32-15-24(31)26(36)37/h4-7,10,13-14,19,21,24H,8-9,11-12,15-16H2,1-3H3,(H,32,35)(H,33,38)(H,36,37). The molecule has 3 rings (SSSR count). The molecular weight excluding hydrogens is 532 g/mol. The van der Waals surface area contributed by atoms with Crippen LogP contribution in [0, 0.1) is 11.3 Å². The van der Waals surface area contributed by atoms with Crippen LogP contribution in [0.5, 0.6) is 0 Å². The minimum absolute atomic E-state index is 0.0388. The molecule has 3 N–H and O–H groups in total. The summed E-state index contributed by atoms with van der Waals surface area (Å²) < 4.78 is 13.3. The van der Waals surface area contributed by atoms with Gasteiger partial charge in [-0.05, 0) is 72.9 Å². The van der Waals surface area contributed by atoms with Crippen molar-refractivity contribution < 1.29 is 23.9 Å². The predicted octanol–water partition coefficient (Wildman–Crippen LogP) is 6.78. The van der Waals surface area contributed by atoms with Gasteiger partial charge in [-0.25, -0.2) is 14.0 Å². The monoisotopic (exact) mass is 565 g/mol. The van der Waals surface area contributed by atoms with Gasteiger partial charge in [0.1, 0.15) is 0 Å². The second kappa shape index (κ2) is 12.8. The summed E-state index contributed by atoms with van der Waals surface area (Å²) in [5, 5.41) is 14.6. The maximum Gasteiger partial charge on any atom is 0.340 e. The van der Waals surface area contributed by atoms with Crippen LogP contribution in [0.2, 0.25) is 10.0 Å². The number of carbonyl (C=O) groups is 3. The third-order valence-corrected chi connectivity index (χ3v) is 7.81. The van der Waals surface area contributed by atoms with Crippen molar-refractivity contribution in [3.63, 3.8) is 0 Å². The summed E-state index contributed by atoms with van der Waals surface area (Å²) in [6.45, 7) is 6.46. The Kier molecular flexibility index (Phi) is 10.0. The molecule has 1 aliphatic carbocycles. The number of benzene rings is 2. The molecule has 206 valence electrons. The SMILES string of the molecule is CC(C)(C)C1CCC(N(Cc2ccc(C(=O)NCC(F)C(=O)O)cc2)C(=O)Nc2ccc(Cl)c(Cl)c2)CC1. The van der Waals surface area contributed by atoms with Gasteiger partial charge in [0.15, 0.2) is 0 Å². The minimum atomic E-state index is -2.17. The van der Waals surface area contributed by atoms with Crippen molar-refractivity contribution in [2.75, 3.05) is 11.9 Å². The van der Waals surface area contributed by atoms with Crippen molar-refractivity contribution in [2.45, 2.75) is 65.2 Å². The predicted molar refractivity (Wildman–Crippen MR) is 148 cm³/mol. The molecule has 2 aromatic carbocycles. The highest BCUT2D eigenvalue weighted by Crippen LogP contribution is 2.39. The summed E-state index contributed by atoms with van der Waals surface area (Å²) in [5.41, 5.74) is 1.83. The lowest BCUT2D eigenvalue weighted by molar-refractivity contribution is -0.142. The quantitative estimate of drug-likeness (QED) is 0.328. The number of nitrogens with zero attached hydrogens (tertiary/aromatic N) is 1. The third kappa shape index (κ3) is 8.08. The highest BCUT2D eigenvalue weighted by molar-refractivity contribution is 6.42. The molecule has 1 aliphatic rings. The summed E-state index contributed by atoms with van der Waals surface area (Å²) in [6, 6.07) is 11.3. The molecule has 0 saturated heterocycles. The van der Waals surface area contributed by atoms with Crippen molar-refractivity contribution in [3.05, 3.63) is 63.6 Å². The lowest BCUT2D eigenvalue weighted by Crippen LogP contribution is -2.45. The van der Waals surface area contributed by atoms with Gasteiger partial charge in [0, 0.05) is 23.8 Å². The molecule has 1 unspecified atom stereocenters. The van der Waals surface area contributed by atoms with Crippen molar-refractivity contribution in [2.24, 2.45) is 11.3 Å². The van der Waals surface area contributed by atoms with Crippen LogP contribution in [0.4, 0.5) is 14.9 Å². The fraction of sp³-hybridized carbons (Fsp3) is 0.464. The van der Waals surface area contributed by atoms with Gasteiger partial charge in [-0.15, -0.1) is 0 Å². The summed E-state index contributed by atoms with van der Waals surface area (Å²) in [7, 11) is 0. The van der Waals surface area contributed by atoms with Gasteiger partial charge in [0.25, 0.3) is 5.91 Å². The maximum atomic E-state index is 13.5. The van der Waals surface area contributed by atoms with E-state index in [2.05, 4.69) is 31.4 Å². The summed E-state index contributed by atoms with van der Waals surface area (Å²) in [6.07, 6.45) is 1.64. The normalized spacial score (nSPS) is 18.4. The van der Waals surface area contributed by atoms with Gasteiger partial charge in [-0.1, -0.05) is 56.1 Å². The van der Waals surface area contributed by atoms with Gasteiger partial charge in [-0.2, -0.15) is 0 Å². The molecule has 0 heterocycles. The number of halogens is 3. The van der Waals surface area contributed by atoms with Crippen molar-refractivity contribution in [3.8, 4) is 0 Å². The number of carboxylic acids is 1. The summed E-state index contributed by atoms with van der Waals surface area (Å²) in [4.78, 5) is 38.2. The van der Waals surface area contributed by atoms with Crippen molar-refractivity contribution in [1.29, 1.82) is 0 Å². The number of hydrogen-bond acceptors (Lipinski definition) is 3. The van der Waals surface area contributed by atoms with Crippen LogP contribution >= 0.6 is 23.2 Å². The fourth-order valence-electron chi connectivity index (χ4n) is 4.72. The van der Waals surface area contributed by atoms with E-state index in [4.69, 9.17) is 28.3 Å². The Bertz CT molecular complexity index is 1150. The largest absolute Gasteiger partial charge is 0.479 e. The Morgan fingerprint density at radius 3 is 2.21 bits per heavy atom. The first kappa shape index (κ1) is 29.7. The van der Waals surface area contributed by atoms with Crippen LogP contribution in [0.25, 0.3) is 0 Å². The van der Waals surface area contributed by atoms with E-state index >= 15 is 0 Å². The number of carboxylic acid groups (broad SMARTS) is 1. The summed E-state index contributed by atoms with van der Waals surface area (Å²) in [5.74, 6) is -1.62. The molecule has 1 fully saturated rings. The van der Waals surface area contributed by atoms with Crippen molar-refractivity contribution in [1.82, 2.24) is 10.2 Å². The zero-order valence-electron chi connectivity index (χ0n) is 21.8. The number of urea groups is 1. The highest BCUT2D eigenvalue weighted by Gasteiger charge is 2.33. The Morgan fingerprint density at radius 2 is 1.66 bits per heavy atom. The van der Waals surface area contributed by atoms with E-state index in [1.807, 2.05) is 4.90 Å². The number of alkyl halides is 1. The molecule has 7 nitrogen and oxygen atoms in total. The number of carbonyl (C=O) groups excluding carboxylic acids is 2. The molecule has 2 aromatic rings. The number of rotatable bonds is 8. The zero-order chi connectivity index (χ0) is 28.0. The van der Waals surface area contributed by atoms with Crippen LogP contribution in [-0.4, -0.2) is 46.7 Å². The van der Waals surface area contributed by atoms with Crippen LogP contribution in [-0.2, 0) is 11.3 Å². The van der Waals surface area contributed by atoms with Gasteiger partial charge in [0.2, 0.25) is 6.17 Å². The van der Waals surface area contributed by atoms with Crippen LogP contribution in [0.15, 0.2) is 42.5 Å². The molecule has 0 spiro atoms. The molecule has 3 amide bonds. The average Bonchev–Trinajstić information content (AvgIpc) is 2.87. The molecule has 10 heteroatoms. The van der Waals surface area contributed by atoms with E-state index in [1.54, 1.807) is 42.5 Å². The van der Waals surface area contributed by atoms with Crippen molar-refractivity contribution >= 4 is 46.8 Å². The number of aliphatic carboxylic acids is 1. The molecule has 0 aliphatic heterocycles. The van der Waals surface area contributed by atoms with E-state index in [0.29, 0.717) is 28.2 Å². The molecule has 1 atom stereocenters. The van der Waals surface area contributed by atoms with Gasteiger partial charge in [-0.3, -0.25) is 4.79 Å². The third-order valence-electron chi connectivity index (χ3n) is 7.07. The maximum absolute atomic E-state index is 13.5. The smallest absolute Gasteiger partial charge is 0.340 e. The molecule has 0 aromatic heterocycles. The second-order valence-electron chi connectivity index (χ2n) is 10.8. The molecule has 0 bridgehead atoms. The van der Waals surface area contributed by atoms with Crippen LogP contribution < -0.4 is 10.6 Å². The van der Waals surface area contributed by atoms with E-state index in [0.717, 1.165) is 31.2 Å². The summed E-state index contributed by atoms with van der Waals surface area (Å²) >= 11 is 12.1. The molecule has 38 heavy (non-hydrogen) atoms. The Balaban J connectivity index is 1.73. The molecular formula is C28H34Cl2FN3O4. The number of hydrogen-bond donors (Lipinski definition) is 3. The number of nitrogens with one attached hydrogen (secondary N) is 2. The molecule has 1 saturated carbocycles. The topological polar surface area (TPSA) is 98.7 Å². The number of amides is 3.